The first-order valence-corrected chi connectivity index (χ1v) is 6.78. The average Bonchev–Trinajstić information content (AvgIpc) is 2.39. The summed E-state index contributed by atoms with van der Waals surface area (Å²) in [6.45, 7) is 4.70. The van der Waals surface area contributed by atoms with Gasteiger partial charge in [-0.2, -0.15) is 0 Å². The minimum absolute atomic E-state index is 0.423. The maximum absolute atomic E-state index is 10.0. The molecule has 1 aliphatic rings. The Hall–Kier alpha value is -1.32. The number of hydrogen-bond donors (Lipinski definition) is 1. The van der Waals surface area contributed by atoms with E-state index in [1.165, 1.54) is 5.56 Å². The lowest BCUT2D eigenvalue weighted by Crippen LogP contribution is -2.36. The summed E-state index contributed by atoms with van der Waals surface area (Å²) in [6, 6.07) is 10.3. The van der Waals surface area contributed by atoms with Gasteiger partial charge in [-0.15, -0.1) is 0 Å². The van der Waals surface area contributed by atoms with Crippen molar-refractivity contribution in [2.24, 2.45) is 0 Å². The predicted octanol–water partition coefficient (Wildman–Crippen LogP) is 3.60. The number of aliphatic hydroxyl groups is 1. The quantitative estimate of drug-likeness (QED) is 0.842. The summed E-state index contributed by atoms with van der Waals surface area (Å²) in [5.41, 5.74) is 2.17. The monoisotopic (exact) mass is 262 g/mol. The Morgan fingerprint density at radius 2 is 1.79 bits per heavy atom. The summed E-state index contributed by atoms with van der Waals surface area (Å²) in [4.78, 5) is 0. The summed E-state index contributed by atoms with van der Waals surface area (Å²) in [7, 11) is 0. The normalized spacial score (nSPS) is 18.3. The van der Waals surface area contributed by atoms with Gasteiger partial charge >= 0.3 is 0 Å². The molecule has 0 aliphatic carbocycles. The summed E-state index contributed by atoms with van der Waals surface area (Å²) < 4.78 is 11.0. The number of benzene rings is 1. The molecule has 1 aromatic rings. The van der Waals surface area contributed by atoms with Crippen LogP contribution in [0.5, 0.6) is 0 Å². The van der Waals surface area contributed by atoms with Gasteiger partial charge in [0.2, 0.25) is 0 Å². The zero-order valence-corrected chi connectivity index (χ0v) is 11.7. The lowest BCUT2D eigenvalue weighted by molar-refractivity contribution is -0.226. The molecular weight excluding hydrogens is 240 g/mol. The van der Waals surface area contributed by atoms with E-state index in [-0.39, 0.29) is 0 Å². The van der Waals surface area contributed by atoms with Crippen molar-refractivity contribution in [3.05, 3.63) is 47.2 Å². The van der Waals surface area contributed by atoms with Gasteiger partial charge in [-0.3, -0.25) is 0 Å². The second-order valence-electron chi connectivity index (χ2n) is 5.37. The Morgan fingerprint density at radius 3 is 2.42 bits per heavy atom. The fraction of sp³-hybridized carbons (Fsp3) is 0.500. The van der Waals surface area contributed by atoms with Crippen molar-refractivity contribution in [2.45, 2.75) is 38.9 Å². The van der Waals surface area contributed by atoms with Crippen LogP contribution in [0.4, 0.5) is 0 Å². The van der Waals surface area contributed by atoms with E-state index < -0.39 is 5.79 Å². The third-order valence-corrected chi connectivity index (χ3v) is 3.32. The molecule has 0 amide bonds. The molecule has 3 nitrogen and oxygen atoms in total. The van der Waals surface area contributed by atoms with Crippen LogP contribution in [0.1, 0.15) is 32.3 Å². The zero-order chi connectivity index (χ0) is 13.7. The van der Waals surface area contributed by atoms with Gasteiger partial charge in [0.25, 0.3) is 0 Å². The Balaban J connectivity index is 1.80. The first-order chi connectivity index (χ1) is 9.07. The van der Waals surface area contributed by atoms with Gasteiger partial charge in [-0.05, 0) is 32.3 Å². The molecule has 2 rings (SSSR count). The van der Waals surface area contributed by atoms with Crippen LogP contribution in [0.3, 0.4) is 0 Å². The number of hydrogen-bond acceptors (Lipinski definition) is 3. The second kappa shape index (κ2) is 6.22. The maximum Gasteiger partial charge on any atom is 0.163 e. The molecule has 1 aliphatic heterocycles. The van der Waals surface area contributed by atoms with Crippen LogP contribution in [-0.2, 0) is 15.9 Å². The largest absolute Gasteiger partial charge is 0.512 e. The third-order valence-electron chi connectivity index (χ3n) is 3.32. The van der Waals surface area contributed by atoms with E-state index in [4.69, 9.17) is 9.47 Å². The molecule has 1 fully saturated rings. The first-order valence-electron chi connectivity index (χ1n) is 6.78. The number of ether oxygens (including phenoxy) is 2. The first kappa shape index (κ1) is 14.1. The van der Waals surface area contributed by atoms with Gasteiger partial charge in [0.1, 0.15) is 0 Å². The van der Waals surface area contributed by atoms with Crippen molar-refractivity contribution in [1.82, 2.24) is 0 Å². The standard InChI is InChI=1S/C16H22O3/c1-16(2)18-11-14(12-19-16)15(17)10-6-9-13-7-4-3-5-8-13/h3-5,7-8,17H,6,9-12H2,1-2H3. The van der Waals surface area contributed by atoms with Crippen LogP contribution in [0, 0.1) is 0 Å². The molecule has 0 radical (unpaired) electrons. The highest BCUT2D eigenvalue weighted by atomic mass is 16.7. The van der Waals surface area contributed by atoms with E-state index in [0.29, 0.717) is 25.4 Å². The van der Waals surface area contributed by atoms with Crippen LogP contribution < -0.4 is 0 Å². The highest BCUT2D eigenvalue weighted by Crippen LogP contribution is 2.23. The van der Waals surface area contributed by atoms with Gasteiger partial charge in [-0.25, -0.2) is 0 Å². The summed E-state index contributed by atoms with van der Waals surface area (Å²) in [5.74, 6) is -0.111. The van der Waals surface area contributed by atoms with E-state index in [2.05, 4.69) is 12.1 Å². The molecule has 19 heavy (non-hydrogen) atoms. The molecular formula is C16H22O3. The van der Waals surface area contributed by atoms with Crippen molar-refractivity contribution >= 4 is 0 Å². The van der Waals surface area contributed by atoms with Crippen molar-refractivity contribution in [2.75, 3.05) is 13.2 Å². The lowest BCUT2D eigenvalue weighted by Gasteiger charge is -2.32. The molecule has 0 bridgehead atoms. The zero-order valence-electron chi connectivity index (χ0n) is 11.7. The molecule has 0 atom stereocenters. The van der Waals surface area contributed by atoms with Crippen LogP contribution in [0.15, 0.2) is 41.7 Å². The second-order valence-corrected chi connectivity index (χ2v) is 5.37. The van der Waals surface area contributed by atoms with Crippen molar-refractivity contribution in [3.8, 4) is 0 Å². The average molecular weight is 262 g/mol. The minimum atomic E-state index is -0.534. The molecule has 0 aromatic heterocycles. The molecule has 3 heteroatoms. The SMILES string of the molecule is CC1(C)OCC(=C(O)CCCc2ccccc2)CO1. The van der Waals surface area contributed by atoms with Gasteiger partial charge in [0, 0.05) is 12.0 Å². The molecule has 0 unspecified atom stereocenters. The topological polar surface area (TPSA) is 38.7 Å². The van der Waals surface area contributed by atoms with E-state index in [0.717, 1.165) is 18.4 Å². The third kappa shape index (κ3) is 4.37. The lowest BCUT2D eigenvalue weighted by atomic mass is 10.1. The van der Waals surface area contributed by atoms with Crippen molar-refractivity contribution in [1.29, 1.82) is 0 Å². The Kier molecular flexibility index (Phi) is 4.61. The number of aryl methyl sites for hydroxylation is 1. The Labute approximate surface area is 114 Å². The van der Waals surface area contributed by atoms with Crippen LogP contribution >= 0.6 is 0 Å². The summed E-state index contributed by atoms with van der Waals surface area (Å²) in [5, 5.41) is 10.0. The maximum atomic E-state index is 10.0. The fourth-order valence-electron chi connectivity index (χ4n) is 2.05. The molecule has 104 valence electrons. The molecule has 1 N–H and O–H groups in total. The summed E-state index contributed by atoms with van der Waals surface area (Å²) >= 11 is 0. The van der Waals surface area contributed by atoms with Gasteiger partial charge in [0.05, 0.1) is 19.0 Å². The Bertz CT molecular complexity index is 423. The molecule has 1 aromatic carbocycles. The van der Waals surface area contributed by atoms with Crippen molar-refractivity contribution < 1.29 is 14.6 Å². The summed E-state index contributed by atoms with van der Waals surface area (Å²) in [6.07, 6.45) is 2.59. The van der Waals surface area contributed by atoms with E-state index in [1.807, 2.05) is 32.0 Å². The van der Waals surface area contributed by atoms with Crippen molar-refractivity contribution in [3.63, 3.8) is 0 Å². The van der Waals surface area contributed by atoms with Gasteiger partial charge < -0.3 is 14.6 Å². The van der Waals surface area contributed by atoms with Gasteiger partial charge in [0.15, 0.2) is 5.79 Å². The molecule has 0 spiro atoms. The fourth-order valence-corrected chi connectivity index (χ4v) is 2.05. The highest BCUT2D eigenvalue weighted by molar-refractivity contribution is 5.15. The minimum Gasteiger partial charge on any atom is -0.512 e. The molecule has 1 saturated heterocycles. The van der Waals surface area contributed by atoms with E-state index in [9.17, 15) is 5.11 Å². The smallest absolute Gasteiger partial charge is 0.163 e. The van der Waals surface area contributed by atoms with E-state index in [1.54, 1.807) is 0 Å². The van der Waals surface area contributed by atoms with E-state index >= 15 is 0 Å². The Morgan fingerprint density at radius 1 is 1.16 bits per heavy atom. The van der Waals surface area contributed by atoms with Gasteiger partial charge in [-0.1, -0.05) is 30.3 Å². The number of allylic oxidation sites excluding steroid dienone is 1. The molecule has 0 saturated carbocycles. The highest BCUT2D eigenvalue weighted by Gasteiger charge is 2.26. The molecule has 1 heterocycles. The van der Waals surface area contributed by atoms with Crippen LogP contribution in [0.2, 0.25) is 0 Å². The predicted molar refractivity (Wildman–Crippen MR) is 75.0 cm³/mol. The van der Waals surface area contributed by atoms with Crippen LogP contribution in [0.25, 0.3) is 0 Å². The number of aliphatic hydroxyl groups excluding tert-OH is 1. The van der Waals surface area contributed by atoms with Crippen LogP contribution in [-0.4, -0.2) is 24.1 Å². The number of rotatable bonds is 4.